The number of aromatic hydroxyl groups is 1. The maximum atomic E-state index is 14.7. The van der Waals surface area contributed by atoms with Crippen molar-refractivity contribution < 1.29 is 18.7 Å². The Morgan fingerprint density at radius 2 is 1.96 bits per heavy atom. The largest absolute Gasteiger partial charge is 0.492 e. The van der Waals surface area contributed by atoms with Crippen molar-refractivity contribution >= 4 is 16.3 Å². The van der Waals surface area contributed by atoms with Crippen molar-refractivity contribution in [2.24, 2.45) is 0 Å². The molecule has 5 rings (SSSR count). The Morgan fingerprint density at radius 3 is 2.68 bits per heavy atom. The van der Waals surface area contributed by atoms with E-state index in [9.17, 15) is 9.50 Å². The van der Waals surface area contributed by atoms with Crippen LogP contribution < -0.4 is 0 Å². The van der Waals surface area contributed by atoms with Crippen LogP contribution in [0.3, 0.4) is 0 Å². The van der Waals surface area contributed by atoms with Gasteiger partial charge in [0.25, 0.3) is 0 Å². The SMILES string of the molecule is Oc1c([C@H](c2ccccc2F)N2CCOCC2)sc2nc(-c3ccco3)nn12. The van der Waals surface area contributed by atoms with Crippen LogP contribution in [0.15, 0.2) is 47.1 Å². The molecule has 1 aliphatic heterocycles. The predicted octanol–water partition coefficient (Wildman–Crippen LogP) is 3.32. The summed E-state index contributed by atoms with van der Waals surface area (Å²) in [4.78, 5) is 7.70. The average Bonchev–Trinajstić information content (AvgIpc) is 3.43. The number of benzene rings is 1. The summed E-state index contributed by atoms with van der Waals surface area (Å²) in [6, 6.07) is 9.72. The first-order valence-corrected chi connectivity index (χ1v) is 9.72. The molecule has 1 atom stereocenters. The second-order valence-electron chi connectivity index (χ2n) is 6.47. The van der Waals surface area contributed by atoms with Gasteiger partial charge in [0.2, 0.25) is 16.7 Å². The quantitative estimate of drug-likeness (QED) is 0.566. The van der Waals surface area contributed by atoms with Gasteiger partial charge in [0.05, 0.1) is 30.4 Å². The summed E-state index contributed by atoms with van der Waals surface area (Å²) >= 11 is 1.30. The molecule has 4 heterocycles. The number of thiazole rings is 1. The van der Waals surface area contributed by atoms with Crippen LogP contribution in [-0.2, 0) is 4.74 Å². The van der Waals surface area contributed by atoms with Gasteiger partial charge in [-0.2, -0.15) is 9.50 Å². The molecule has 1 N–H and O–H groups in total. The van der Waals surface area contributed by atoms with Crippen molar-refractivity contribution in [2.45, 2.75) is 6.04 Å². The number of ether oxygens (including phenoxy) is 1. The molecule has 144 valence electrons. The number of hydrogen-bond acceptors (Lipinski definition) is 7. The molecular formula is C19H17FN4O3S. The summed E-state index contributed by atoms with van der Waals surface area (Å²) in [6.07, 6.45) is 1.54. The highest BCUT2D eigenvalue weighted by Gasteiger charge is 2.32. The number of nitrogens with zero attached hydrogens (tertiary/aromatic N) is 4. The molecule has 0 bridgehead atoms. The minimum absolute atomic E-state index is 0.0370. The van der Waals surface area contributed by atoms with Crippen LogP contribution in [0.25, 0.3) is 16.5 Å². The number of aromatic nitrogens is 3. The van der Waals surface area contributed by atoms with Gasteiger partial charge in [0.1, 0.15) is 5.82 Å². The van der Waals surface area contributed by atoms with E-state index in [1.165, 1.54) is 21.9 Å². The number of furan rings is 1. The van der Waals surface area contributed by atoms with E-state index in [1.807, 2.05) is 0 Å². The van der Waals surface area contributed by atoms with Crippen molar-refractivity contribution in [3.8, 4) is 17.5 Å². The number of rotatable bonds is 4. The van der Waals surface area contributed by atoms with E-state index < -0.39 is 6.04 Å². The summed E-state index contributed by atoms with van der Waals surface area (Å²) in [7, 11) is 0. The Morgan fingerprint density at radius 1 is 1.14 bits per heavy atom. The molecule has 1 aromatic carbocycles. The van der Waals surface area contributed by atoms with E-state index in [-0.39, 0.29) is 11.7 Å². The van der Waals surface area contributed by atoms with Crippen LogP contribution in [0.5, 0.6) is 5.88 Å². The molecule has 0 aliphatic carbocycles. The van der Waals surface area contributed by atoms with E-state index in [4.69, 9.17) is 9.15 Å². The molecule has 0 spiro atoms. The molecule has 3 aromatic heterocycles. The fourth-order valence-electron chi connectivity index (χ4n) is 3.47. The first-order valence-electron chi connectivity index (χ1n) is 8.91. The third-order valence-corrected chi connectivity index (χ3v) is 5.87. The molecule has 1 saturated heterocycles. The minimum Gasteiger partial charge on any atom is -0.492 e. The second-order valence-corrected chi connectivity index (χ2v) is 7.48. The third kappa shape index (κ3) is 2.88. The predicted molar refractivity (Wildman–Crippen MR) is 101 cm³/mol. The maximum absolute atomic E-state index is 14.7. The molecule has 0 radical (unpaired) electrons. The fraction of sp³-hybridized carbons (Fsp3) is 0.263. The number of fused-ring (bicyclic) bond motifs is 1. The van der Waals surface area contributed by atoms with E-state index in [0.29, 0.717) is 53.3 Å². The van der Waals surface area contributed by atoms with Crippen LogP contribution in [-0.4, -0.2) is 50.9 Å². The number of morpholine rings is 1. The molecule has 0 unspecified atom stereocenters. The van der Waals surface area contributed by atoms with Crippen LogP contribution >= 0.6 is 11.3 Å². The smallest absolute Gasteiger partial charge is 0.230 e. The second kappa shape index (κ2) is 7.01. The minimum atomic E-state index is -0.439. The first-order chi connectivity index (χ1) is 13.7. The molecule has 1 aliphatic rings. The Bertz CT molecular complexity index is 1100. The van der Waals surface area contributed by atoms with Crippen molar-refractivity contribution in [3.05, 3.63) is 58.9 Å². The number of hydrogen-bond donors (Lipinski definition) is 1. The monoisotopic (exact) mass is 400 g/mol. The summed E-state index contributed by atoms with van der Waals surface area (Å²) < 4.78 is 26.8. The molecule has 0 amide bonds. The standard InChI is InChI=1S/C19H17FN4O3S/c20-13-5-2-1-4-12(13)15(23-7-10-26-11-8-23)16-18(25)24-19(28-16)21-17(22-24)14-6-3-9-27-14/h1-6,9,15,25H,7-8,10-11H2/t15-/m0/s1. The van der Waals surface area contributed by atoms with E-state index in [1.54, 1.807) is 36.6 Å². The summed E-state index contributed by atoms with van der Waals surface area (Å²) in [5.41, 5.74) is 0.510. The molecule has 28 heavy (non-hydrogen) atoms. The van der Waals surface area contributed by atoms with Crippen LogP contribution in [0.1, 0.15) is 16.5 Å². The summed E-state index contributed by atoms with van der Waals surface area (Å²) in [6.45, 7) is 2.41. The van der Waals surface area contributed by atoms with E-state index in [0.717, 1.165) is 0 Å². The van der Waals surface area contributed by atoms with Gasteiger partial charge >= 0.3 is 0 Å². The lowest BCUT2D eigenvalue weighted by Crippen LogP contribution is -2.39. The van der Waals surface area contributed by atoms with E-state index in [2.05, 4.69) is 15.0 Å². The van der Waals surface area contributed by atoms with Crippen molar-refractivity contribution in [3.63, 3.8) is 0 Å². The Balaban J connectivity index is 1.62. The third-order valence-electron chi connectivity index (χ3n) is 4.80. The summed E-state index contributed by atoms with van der Waals surface area (Å²) in [5, 5.41) is 15.3. The van der Waals surface area contributed by atoms with Crippen LogP contribution in [0.4, 0.5) is 4.39 Å². The highest BCUT2D eigenvalue weighted by atomic mass is 32.1. The average molecular weight is 400 g/mol. The van der Waals surface area contributed by atoms with Gasteiger partial charge in [-0.05, 0) is 18.2 Å². The van der Waals surface area contributed by atoms with Crippen LogP contribution in [0, 0.1) is 5.82 Å². The molecule has 9 heteroatoms. The normalized spacial score (nSPS) is 16.6. The summed E-state index contributed by atoms with van der Waals surface area (Å²) in [5.74, 6) is 0.571. The molecule has 7 nitrogen and oxygen atoms in total. The lowest BCUT2D eigenvalue weighted by atomic mass is 10.0. The lowest BCUT2D eigenvalue weighted by molar-refractivity contribution is 0.0235. The highest BCUT2D eigenvalue weighted by molar-refractivity contribution is 7.17. The Labute approximate surface area is 163 Å². The molecular weight excluding hydrogens is 383 g/mol. The van der Waals surface area contributed by atoms with Crippen molar-refractivity contribution in [2.75, 3.05) is 26.3 Å². The van der Waals surface area contributed by atoms with Gasteiger partial charge in [-0.25, -0.2) is 4.39 Å². The molecule has 4 aromatic rings. The topological polar surface area (TPSA) is 76.0 Å². The van der Waals surface area contributed by atoms with Gasteiger partial charge in [-0.3, -0.25) is 4.90 Å². The van der Waals surface area contributed by atoms with E-state index >= 15 is 0 Å². The highest BCUT2D eigenvalue weighted by Crippen LogP contribution is 2.41. The lowest BCUT2D eigenvalue weighted by Gasteiger charge is -2.34. The van der Waals surface area contributed by atoms with Crippen molar-refractivity contribution in [1.82, 2.24) is 19.5 Å². The Hall–Kier alpha value is -2.75. The fourth-order valence-corrected chi connectivity index (χ4v) is 4.58. The zero-order valence-corrected chi connectivity index (χ0v) is 15.6. The van der Waals surface area contributed by atoms with Gasteiger partial charge in [-0.15, -0.1) is 5.10 Å². The van der Waals surface area contributed by atoms with Gasteiger partial charge in [0.15, 0.2) is 5.76 Å². The Kier molecular flexibility index (Phi) is 4.34. The first kappa shape index (κ1) is 17.4. The van der Waals surface area contributed by atoms with Crippen LogP contribution in [0.2, 0.25) is 0 Å². The number of halogens is 1. The van der Waals surface area contributed by atoms with Crippen molar-refractivity contribution in [1.29, 1.82) is 0 Å². The van der Waals surface area contributed by atoms with Gasteiger partial charge < -0.3 is 14.3 Å². The molecule has 1 fully saturated rings. The zero-order chi connectivity index (χ0) is 19.1. The molecule has 0 saturated carbocycles. The van der Waals surface area contributed by atoms with Gasteiger partial charge in [-0.1, -0.05) is 29.5 Å². The van der Waals surface area contributed by atoms with Gasteiger partial charge in [0, 0.05) is 18.7 Å². The zero-order valence-electron chi connectivity index (χ0n) is 14.8. The maximum Gasteiger partial charge on any atom is 0.230 e.